The van der Waals surface area contributed by atoms with Crippen LogP contribution in [-0.2, 0) is 0 Å². The molecule has 0 spiro atoms. The largest absolute Gasteiger partial charge is 0.497 e. The second kappa shape index (κ2) is 5.74. The number of aromatic hydroxyl groups is 3. The van der Waals surface area contributed by atoms with Gasteiger partial charge >= 0.3 is 6.01 Å². The van der Waals surface area contributed by atoms with E-state index in [0.717, 1.165) is 5.56 Å². The van der Waals surface area contributed by atoms with Crippen molar-refractivity contribution >= 4 is 0 Å². The zero-order valence-electron chi connectivity index (χ0n) is 11.9. The summed E-state index contributed by atoms with van der Waals surface area (Å²) in [6, 6.07) is 4.41. The van der Waals surface area contributed by atoms with Gasteiger partial charge in [-0.05, 0) is 24.1 Å². The number of rotatable bonds is 4. The van der Waals surface area contributed by atoms with Crippen molar-refractivity contribution in [3.05, 3.63) is 23.8 Å². The van der Waals surface area contributed by atoms with Crippen LogP contribution in [-0.4, -0.2) is 32.4 Å². The Bertz CT molecular complexity index is 635. The lowest BCUT2D eigenvalue weighted by Gasteiger charge is -2.15. The molecule has 0 amide bonds. The van der Waals surface area contributed by atoms with Gasteiger partial charge < -0.3 is 24.8 Å². The Labute approximate surface area is 121 Å². The third-order valence-corrected chi connectivity index (χ3v) is 2.87. The van der Waals surface area contributed by atoms with E-state index in [1.807, 2.05) is 13.8 Å². The van der Waals surface area contributed by atoms with Crippen molar-refractivity contribution in [3.63, 3.8) is 0 Å². The number of aromatic nitrogens is 2. The van der Waals surface area contributed by atoms with Gasteiger partial charge in [0.15, 0.2) is 0 Å². The minimum Gasteiger partial charge on any atom is -0.497 e. The second-order valence-corrected chi connectivity index (χ2v) is 4.66. The van der Waals surface area contributed by atoms with Crippen molar-refractivity contribution in [1.29, 1.82) is 0 Å². The van der Waals surface area contributed by atoms with Gasteiger partial charge in [0, 0.05) is 5.56 Å². The van der Waals surface area contributed by atoms with Crippen LogP contribution in [0.3, 0.4) is 0 Å². The van der Waals surface area contributed by atoms with E-state index in [0.29, 0.717) is 11.5 Å². The summed E-state index contributed by atoms with van der Waals surface area (Å²) in [6.07, 6.45) is 0. The van der Waals surface area contributed by atoms with E-state index in [9.17, 15) is 10.2 Å². The molecule has 0 aliphatic carbocycles. The van der Waals surface area contributed by atoms with Crippen LogP contribution in [0.25, 0.3) is 0 Å². The molecule has 0 saturated carbocycles. The molecule has 1 aromatic carbocycles. The van der Waals surface area contributed by atoms with Gasteiger partial charge in [-0.3, -0.25) is 0 Å². The van der Waals surface area contributed by atoms with E-state index in [1.54, 1.807) is 25.3 Å². The van der Waals surface area contributed by atoms with Crippen LogP contribution < -0.4 is 9.47 Å². The molecule has 1 aromatic heterocycles. The first kappa shape index (κ1) is 14.7. The van der Waals surface area contributed by atoms with Crippen LogP contribution in [0.1, 0.15) is 25.3 Å². The summed E-state index contributed by atoms with van der Waals surface area (Å²) in [5.74, 6) is -0.402. The molecule has 0 aliphatic rings. The van der Waals surface area contributed by atoms with Gasteiger partial charge in [-0.2, -0.15) is 9.97 Å². The summed E-state index contributed by atoms with van der Waals surface area (Å²) in [4.78, 5) is 6.66. The molecule has 0 atom stereocenters. The zero-order valence-corrected chi connectivity index (χ0v) is 11.9. The van der Waals surface area contributed by atoms with Gasteiger partial charge in [0.25, 0.3) is 17.5 Å². The predicted octanol–water partition coefficient (Wildman–Crippen LogP) is 2.52. The molecule has 21 heavy (non-hydrogen) atoms. The van der Waals surface area contributed by atoms with E-state index in [-0.39, 0.29) is 11.7 Å². The Morgan fingerprint density at radius 2 is 1.67 bits per heavy atom. The molecule has 112 valence electrons. The standard InChI is InChI=1S/C14H16N2O5/c1-7(2)9-6-8(20-3)4-5-10(9)21-11-12(17)15-14(19)16-13(11)18/h4-7H,1-3H3,(H3,15,16,17,18,19). The molecule has 1 heterocycles. The van der Waals surface area contributed by atoms with Crippen molar-refractivity contribution in [1.82, 2.24) is 9.97 Å². The van der Waals surface area contributed by atoms with Crippen molar-refractivity contribution in [2.45, 2.75) is 19.8 Å². The predicted molar refractivity (Wildman–Crippen MR) is 74.2 cm³/mol. The van der Waals surface area contributed by atoms with E-state index >= 15 is 0 Å². The Morgan fingerprint density at radius 3 is 2.19 bits per heavy atom. The molecule has 0 fully saturated rings. The molecule has 7 nitrogen and oxygen atoms in total. The molecule has 2 aromatic rings. The normalized spacial score (nSPS) is 10.7. The fourth-order valence-electron chi connectivity index (χ4n) is 1.81. The Kier molecular flexibility index (Phi) is 4.02. The third kappa shape index (κ3) is 3.07. The minimum absolute atomic E-state index is 0.123. The van der Waals surface area contributed by atoms with Gasteiger partial charge in [-0.15, -0.1) is 0 Å². The zero-order chi connectivity index (χ0) is 15.6. The summed E-state index contributed by atoms with van der Waals surface area (Å²) in [5.41, 5.74) is 0.821. The number of hydrogen-bond donors (Lipinski definition) is 3. The molecule has 2 rings (SSSR count). The SMILES string of the molecule is COc1ccc(Oc2c(O)nc(O)nc2O)c(C(C)C)c1. The summed E-state index contributed by atoms with van der Waals surface area (Å²) in [6.45, 7) is 3.93. The minimum atomic E-state index is -0.740. The van der Waals surface area contributed by atoms with Crippen LogP contribution >= 0.6 is 0 Å². The molecule has 0 aliphatic heterocycles. The monoisotopic (exact) mass is 292 g/mol. The average molecular weight is 292 g/mol. The Balaban J connectivity index is 2.44. The topological polar surface area (TPSA) is 105 Å². The highest BCUT2D eigenvalue weighted by atomic mass is 16.5. The maximum absolute atomic E-state index is 9.64. The van der Waals surface area contributed by atoms with Crippen LogP contribution in [0, 0.1) is 0 Å². The number of methoxy groups -OCH3 is 1. The van der Waals surface area contributed by atoms with E-state index < -0.39 is 17.8 Å². The van der Waals surface area contributed by atoms with Crippen molar-refractivity contribution in [2.24, 2.45) is 0 Å². The van der Waals surface area contributed by atoms with Crippen LogP contribution in [0.2, 0.25) is 0 Å². The molecule has 7 heteroatoms. The van der Waals surface area contributed by atoms with E-state index in [1.165, 1.54) is 0 Å². The molecule has 0 unspecified atom stereocenters. The first-order chi connectivity index (χ1) is 9.92. The molecule has 0 bridgehead atoms. The molecular weight excluding hydrogens is 276 g/mol. The molecule has 0 radical (unpaired) electrons. The second-order valence-electron chi connectivity index (χ2n) is 4.66. The summed E-state index contributed by atoms with van der Waals surface area (Å²) in [7, 11) is 1.56. The molecular formula is C14H16N2O5. The van der Waals surface area contributed by atoms with Gasteiger partial charge in [0.05, 0.1) is 7.11 Å². The maximum atomic E-state index is 9.64. The van der Waals surface area contributed by atoms with Gasteiger partial charge in [0.1, 0.15) is 11.5 Å². The molecule has 0 saturated heterocycles. The lowest BCUT2D eigenvalue weighted by Crippen LogP contribution is -1.97. The van der Waals surface area contributed by atoms with E-state index in [2.05, 4.69) is 9.97 Å². The first-order valence-corrected chi connectivity index (χ1v) is 6.27. The fraction of sp³-hybridized carbons (Fsp3) is 0.286. The number of hydrogen-bond acceptors (Lipinski definition) is 7. The Morgan fingerprint density at radius 1 is 1.05 bits per heavy atom. The highest BCUT2D eigenvalue weighted by Gasteiger charge is 2.18. The van der Waals surface area contributed by atoms with Crippen molar-refractivity contribution in [3.8, 4) is 35.0 Å². The average Bonchev–Trinajstić information content (AvgIpc) is 2.42. The van der Waals surface area contributed by atoms with Crippen molar-refractivity contribution in [2.75, 3.05) is 7.11 Å². The summed E-state index contributed by atoms with van der Waals surface area (Å²) < 4.78 is 10.7. The lowest BCUT2D eigenvalue weighted by atomic mass is 10.0. The number of benzene rings is 1. The van der Waals surface area contributed by atoms with Crippen LogP contribution in [0.4, 0.5) is 0 Å². The first-order valence-electron chi connectivity index (χ1n) is 6.27. The van der Waals surface area contributed by atoms with Gasteiger partial charge in [-0.25, -0.2) is 0 Å². The van der Waals surface area contributed by atoms with Crippen molar-refractivity contribution < 1.29 is 24.8 Å². The third-order valence-electron chi connectivity index (χ3n) is 2.87. The van der Waals surface area contributed by atoms with Crippen LogP contribution in [0.15, 0.2) is 18.2 Å². The Hall–Kier alpha value is -2.70. The number of ether oxygens (including phenoxy) is 2. The smallest absolute Gasteiger partial charge is 0.320 e. The summed E-state index contributed by atoms with van der Waals surface area (Å²) in [5, 5.41) is 28.4. The van der Waals surface area contributed by atoms with Crippen LogP contribution in [0.5, 0.6) is 35.0 Å². The van der Waals surface area contributed by atoms with E-state index in [4.69, 9.17) is 14.6 Å². The summed E-state index contributed by atoms with van der Waals surface area (Å²) >= 11 is 0. The highest BCUT2D eigenvalue weighted by molar-refractivity contribution is 5.49. The highest BCUT2D eigenvalue weighted by Crippen LogP contribution is 2.40. The quantitative estimate of drug-likeness (QED) is 0.795. The van der Waals surface area contributed by atoms with Gasteiger partial charge in [0.2, 0.25) is 0 Å². The van der Waals surface area contributed by atoms with Gasteiger partial charge in [-0.1, -0.05) is 13.8 Å². The lowest BCUT2D eigenvalue weighted by molar-refractivity contribution is 0.329. The fourth-order valence-corrected chi connectivity index (χ4v) is 1.81. The number of nitrogens with zero attached hydrogens (tertiary/aromatic N) is 2. The maximum Gasteiger partial charge on any atom is 0.320 e. The molecule has 3 N–H and O–H groups in total.